The number of amidine groups is 1. The van der Waals surface area contributed by atoms with E-state index in [0.29, 0.717) is 19.0 Å². The number of benzene rings is 1. The summed E-state index contributed by atoms with van der Waals surface area (Å²) in [4.78, 5) is 22.6. The number of nitrogens with one attached hydrogen (secondary N) is 3. The number of nitrogens with zero attached hydrogens (tertiary/aromatic N) is 3. The van der Waals surface area contributed by atoms with Gasteiger partial charge in [-0.15, -0.1) is 0 Å². The third-order valence-electron chi connectivity index (χ3n) is 6.68. The van der Waals surface area contributed by atoms with Crippen LogP contribution in [-0.4, -0.2) is 81.1 Å². The first-order valence-corrected chi connectivity index (χ1v) is 13.1. The van der Waals surface area contributed by atoms with Crippen LogP contribution in [0.1, 0.15) is 38.7 Å². The summed E-state index contributed by atoms with van der Waals surface area (Å²) < 4.78 is 47.0. The number of halogens is 3. The number of hydrogen-bond acceptors (Lipinski definition) is 6. The first-order valence-electron chi connectivity index (χ1n) is 13.1. The molecule has 2 fully saturated rings. The van der Waals surface area contributed by atoms with Crippen LogP contribution < -0.4 is 16.0 Å². The van der Waals surface area contributed by atoms with Gasteiger partial charge in [0.15, 0.2) is 0 Å². The zero-order valence-electron chi connectivity index (χ0n) is 22.2. The zero-order chi connectivity index (χ0) is 27.5. The Labute approximate surface area is 222 Å². The number of alkyl halides is 3. The summed E-state index contributed by atoms with van der Waals surface area (Å²) in [5.41, 5.74) is 0.902. The maximum absolute atomic E-state index is 13.9. The van der Waals surface area contributed by atoms with Crippen LogP contribution in [0.2, 0.25) is 0 Å². The van der Waals surface area contributed by atoms with Gasteiger partial charge in [0, 0.05) is 43.6 Å². The molecule has 0 spiro atoms. The number of amides is 1. The lowest BCUT2D eigenvalue weighted by molar-refractivity contribution is -0.125. The second-order valence-electron chi connectivity index (χ2n) is 9.92. The van der Waals surface area contributed by atoms with Gasteiger partial charge in [-0.3, -0.25) is 14.7 Å². The summed E-state index contributed by atoms with van der Waals surface area (Å²) in [6, 6.07) is 7.28. The molecular weight excluding hydrogens is 497 g/mol. The van der Waals surface area contributed by atoms with E-state index in [1.165, 1.54) is 5.56 Å². The van der Waals surface area contributed by atoms with E-state index in [2.05, 4.69) is 37.6 Å². The molecule has 1 aliphatic heterocycles. The van der Waals surface area contributed by atoms with Crippen molar-refractivity contribution in [3.05, 3.63) is 41.6 Å². The van der Waals surface area contributed by atoms with Crippen molar-refractivity contribution >= 4 is 24.1 Å². The van der Waals surface area contributed by atoms with Crippen LogP contribution in [-0.2, 0) is 16.0 Å². The van der Waals surface area contributed by atoms with E-state index in [0.717, 1.165) is 51.4 Å². The number of aliphatic imine (C=N–C) groups is 2. The number of anilines is 1. The SMILES string of the molecule is C=N/C=C(\C(=N/CNc1ccc(CCN2CCOCC2)cc1)NC1CCCC1C(=O)NC(C)C)C(F)(F)F. The Balaban J connectivity index is 1.66. The van der Waals surface area contributed by atoms with Crippen molar-refractivity contribution in [1.29, 1.82) is 0 Å². The Hall–Kier alpha value is -2.92. The highest BCUT2D eigenvalue weighted by atomic mass is 19.4. The topological polar surface area (TPSA) is 90.3 Å². The number of rotatable bonds is 11. The molecule has 0 radical (unpaired) electrons. The Morgan fingerprint density at radius 2 is 1.92 bits per heavy atom. The minimum atomic E-state index is -4.69. The highest BCUT2D eigenvalue weighted by Crippen LogP contribution is 2.30. The van der Waals surface area contributed by atoms with Crippen molar-refractivity contribution in [3.8, 4) is 0 Å². The number of morpholine rings is 1. The molecule has 0 bridgehead atoms. The molecule has 38 heavy (non-hydrogen) atoms. The van der Waals surface area contributed by atoms with E-state index < -0.39 is 23.7 Å². The summed E-state index contributed by atoms with van der Waals surface area (Å²) in [7, 11) is 0. The Kier molecular flexibility index (Phi) is 11.1. The lowest BCUT2D eigenvalue weighted by Crippen LogP contribution is -2.47. The highest BCUT2D eigenvalue weighted by Gasteiger charge is 2.40. The van der Waals surface area contributed by atoms with E-state index in [1.54, 1.807) is 0 Å². The monoisotopic (exact) mass is 536 g/mol. The van der Waals surface area contributed by atoms with E-state index in [9.17, 15) is 18.0 Å². The molecule has 1 saturated carbocycles. The lowest BCUT2D eigenvalue weighted by Gasteiger charge is -2.26. The molecule has 1 saturated heterocycles. The Morgan fingerprint density at radius 3 is 2.55 bits per heavy atom. The van der Waals surface area contributed by atoms with Gasteiger partial charge >= 0.3 is 6.18 Å². The maximum atomic E-state index is 13.9. The van der Waals surface area contributed by atoms with Crippen LogP contribution in [0.15, 0.2) is 46.0 Å². The molecule has 8 nitrogen and oxygen atoms in total. The van der Waals surface area contributed by atoms with Gasteiger partial charge in [0.25, 0.3) is 0 Å². The van der Waals surface area contributed by atoms with E-state index in [1.807, 2.05) is 38.1 Å². The van der Waals surface area contributed by atoms with Crippen LogP contribution in [0.4, 0.5) is 18.9 Å². The molecule has 1 aliphatic carbocycles. The smallest absolute Gasteiger partial charge is 0.379 e. The van der Waals surface area contributed by atoms with Crippen LogP contribution in [0.25, 0.3) is 0 Å². The predicted molar refractivity (Wildman–Crippen MR) is 145 cm³/mol. The van der Waals surface area contributed by atoms with Gasteiger partial charge in [0.2, 0.25) is 5.91 Å². The average Bonchev–Trinajstić information content (AvgIpc) is 3.34. The summed E-state index contributed by atoms with van der Waals surface area (Å²) in [6.07, 6.45) is -1.21. The molecule has 1 aromatic carbocycles. The molecular formula is C27H39F3N6O2. The normalized spacial score (nSPS) is 21.4. The first kappa shape index (κ1) is 29.6. The largest absolute Gasteiger partial charge is 0.421 e. The minimum Gasteiger partial charge on any atom is -0.379 e. The fraction of sp³-hybridized carbons (Fsp3) is 0.593. The van der Waals surface area contributed by atoms with Gasteiger partial charge in [0.1, 0.15) is 18.1 Å². The third-order valence-corrected chi connectivity index (χ3v) is 6.68. The predicted octanol–water partition coefficient (Wildman–Crippen LogP) is 3.76. The molecule has 1 heterocycles. The number of carbonyl (C=O) groups excluding carboxylic acids is 1. The van der Waals surface area contributed by atoms with E-state index in [-0.39, 0.29) is 24.5 Å². The van der Waals surface area contributed by atoms with Crippen molar-refractivity contribution in [3.63, 3.8) is 0 Å². The van der Waals surface area contributed by atoms with Crippen molar-refractivity contribution in [2.75, 3.05) is 44.8 Å². The lowest BCUT2D eigenvalue weighted by atomic mass is 10.0. The van der Waals surface area contributed by atoms with Crippen molar-refractivity contribution in [2.45, 2.75) is 57.8 Å². The standard InChI is InChI=1S/C27H39F3N6O2/c1-19(2)34-26(37)22-5-4-6-24(22)35-25(23(17-31-3)27(28,29)30)33-18-32-21-9-7-20(8-10-21)11-12-36-13-15-38-16-14-36/h7-10,17,19,22,24,32H,3-6,11-16,18H2,1-2H3,(H,33,35)(H,34,37)/b23-17+. The molecule has 11 heteroatoms. The molecule has 3 rings (SSSR count). The van der Waals surface area contributed by atoms with Gasteiger partial charge in [-0.2, -0.15) is 13.2 Å². The summed E-state index contributed by atoms with van der Waals surface area (Å²) in [5.74, 6) is -0.957. The van der Waals surface area contributed by atoms with Crippen LogP contribution >= 0.6 is 0 Å². The second-order valence-corrected chi connectivity index (χ2v) is 9.92. The van der Waals surface area contributed by atoms with Gasteiger partial charge < -0.3 is 20.7 Å². The zero-order valence-corrected chi connectivity index (χ0v) is 22.2. The summed E-state index contributed by atoms with van der Waals surface area (Å²) in [6.45, 7) is 11.2. The average molecular weight is 537 g/mol. The molecule has 0 aromatic heterocycles. The van der Waals surface area contributed by atoms with Crippen molar-refractivity contribution in [1.82, 2.24) is 15.5 Å². The summed E-state index contributed by atoms with van der Waals surface area (Å²) >= 11 is 0. The van der Waals surface area contributed by atoms with Gasteiger partial charge in [-0.05, 0) is 57.5 Å². The fourth-order valence-electron chi connectivity index (χ4n) is 4.69. The Morgan fingerprint density at radius 1 is 1.21 bits per heavy atom. The highest BCUT2D eigenvalue weighted by molar-refractivity contribution is 6.00. The molecule has 3 N–H and O–H groups in total. The van der Waals surface area contributed by atoms with Gasteiger partial charge in [0.05, 0.1) is 19.1 Å². The van der Waals surface area contributed by atoms with E-state index in [4.69, 9.17) is 4.74 Å². The van der Waals surface area contributed by atoms with Crippen molar-refractivity contribution < 1.29 is 22.7 Å². The number of carbonyl (C=O) groups is 1. The molecule has 2 aliphatic rings. The van der Waals surface area contributed by atoms with Gasteiger partial charge in [-0.25, -0.2) is 4.99 Å². The third kappa shape index (κ3) is 9.13. The van der Waals surface area contributed by atoms with E-state index >= 15 is 0 Å². The first-order chi connectivity index (χ1) is 18.2. The van der Waals surface area contributed by atoms with Crippen LogP contribution in [0.3, 0.4) is 0 Å². The molecule has 210 valence electrons. The van der Waals surface area contributed by atoms with Crippen molar-refractivity contribution in [2.24, 2.45) is 15.9 Å². The second kappa shape index (κ2) is 14.3. The summed E-state index contributed by atoms with van der Waals surface area (Å²) in [5, 5.41) is 8.85. The van der Waals surface area contributed by atoms with Gasteiger partial charge in [-0.1, -0.05) is 18.6 Å². The fourth-order valence-corrected chi connectivity index (χ4v) is 4.69. The Bertz CT molecular complexity index is 972. The number of hydrogen-bond donors (Lipinski definition) is 3. The molecule has 1 amide bonds. The number of ether oxygens (including phenoxy) is 1. The quantitative estimate of drug-likeness (QED) is 0.296. The molecule has 1 aromatic rings. The minimum absolute atomic E-state index is 0.0533. The van der Waals surface area contributed by atoms with Crippen LogP contribution in [0, 0.1) is 5.92 Å². The van der Waals surface area contributed by atoms with Crippen LogP contribution in [0.5, 0.6) is 0 Å². The maximum Gasteiger partial charge on any atom is 0.421 e. The molecule has 2 atom stereocenters. The molecule has 2 unspecified atom stereocenters.